The summed E-state index contributed by atoms with van der Waals surface area (Å²) in [6.45, 7) is 7.21. The Balaban J connectivity index is 2.01. The molecule has 2 N–H and O–H groups in total. The summed E-state index contributed by atoms with van der Waals surface area (Å²) in [6.07, 6.45) is 3.62. The molecule has 0 bridgehead atoms. The van der Waals surface area contributed by atoms with Crippen LogP contribution in [0.4, 0.5) is 0 Å². The van der Waals surface area contributed by atoms with Crippen LogP contribution in [0, 0.1) is 13.8 Å². The number of rotatable bonds is 4. The first-order chi connectivity index (χ1) is 8.15. The molecule has 0 spiro atoms. The lowest BCUT2D eigenvalue weighted by molar-refractivity contribution is 0.561. The molecule has 1 unspecified atom stereocenters. The van der Waals surface area contributed by atoms with Crippen molar-refractivity contribution in [3.8, 4) is 0 Å². The second kappa shape index (κ2) is 5.15. The van der Waals surface area contributed by atoms with Gasteiger partial charge in [0, 0.05) is 18.4 Å². The zero-order valence-corrected chi connectivity index (χ0v) is 10.6. The Kier molecular flexibility index (Phi) is 3.59. The number of aryl methyl sites for hydroxylation is 2. The molecule has 0 fully saturated rings. The van der Waals surface area contributed by atoms with E-state index < -0.39 is 0 Å². The van der Waals surface area contributed by atoms with Gasteiger partial charge in [0.2, 0.25) is 0 Å². The van der Waals surface area contributed by atoms with E-state index in [1.165, 1.54) is 16.7 Å². The predicted octanol–water partition coefficient (Wildman–Crippen LogP) is 2.88. The normalized spacial score (nSPS) is 12.6. The quantitative estimate of drug-likeness (QED) is 0.846. The van der Waals surface area contributed by atoms with Gasteiger partial charge in [0.05, 0.1) is 6.54 Å². The maximum absolute atomic E-state index is 4.20. The number of imidazole rings is 1. The van der Waals surface area contributed by atoms with Gasteiger partial charge in [0.25, 0.3) is 0 Å². The van der Waals surface area contributed by atoms with E-state index in [-0.39, 0.29) is 0 Å². The molecule has 0 radical (unpaired) electrons. The van der Waals surface area contributed by atoms with Gasteiger partial charge < -0.3 is 10.3 Å². The third-order valence-corrected chi connectivity index (χ3v) is 2.87. The average molecular weight is 229 g/mol. The second-order valence-electron chi connectivity index (χ2n) is 4.56. The summed E-state index contributed by atoms with van der Waals surface area (Å²) in [6, 6.07) is 6.99. The van der Waals surface area contributed by atoms with Gasteiger partial charge in [0.1, 0.15) is 5.82 Å². The Hall–Kier alpha value is -1.61. The van der Waals surface area contributed by atoms with E-state index in [0.717, 1.165) is 12.4 Å². The molecule has 1 atom stereocenters. The van der Waals surface area contributed by atoms with Crippen molar-refractivity contribution in [3.05, 3.63) is 53.1 Å². The molecule has 0 saturated heterocycles. The van der Waals surface area contributed by atoms with Crippen LogP contribution in [0.1, 0.15) is 35.5 Å². The van der Waals surface area contributed by atoms with E-state index in [2.05, 4.69) is 54.3 Å². The average Bonchev–Trinajstić information content (AvgIpc) is 2.77. The first-order valence-electron chi connectivity index (χ1n) is 5.95. The van der Waals surface area contributed by atoms with Crippen LogP contribution in [-0.4, -0.2) is 9.97 Å². The van der Waals surface area contributed by atoms with Crippen molar-refractivity contribution in [3.63, 3.8) is 0 Å². The zero-order chi connectivity index (χ0) is 12.3. The number of aromatic nitrogens is 2. The van der Waals surface area contributed by atoms with Crippen LogP contribution in [0.2, 0.25) is 0 Å². The Morgan fingerprint density at radius 3 is 2.53 bits per heavy atom. The molecule has 2 rings (SSSR count). The lowest BCUT2D eigenvalue weighted by atomic mass is 10.0. The van der Waals surface area contributed by atoms with Crippen LogP contribution in [0.25, 0.3) is 0 Å². The van der Waals surface area contributed by atoms with Crippen LogP contribution in [0.5, 0.6) is 0 Å². The van der Waals surface area contributed by atoms with E-state index in [9.17, 15) is 0 Å². The van der Waals surface area contributed by atoms with Gasteiger partial charge in [0.15, 0.2) is 0 Å². The zero-order valence-electron chi connectivity index (χ0n) is 10.6. The number of benzene rings is 1. The molecule has 0 aliphatic carbocycles. The molecule has 0 saturated carbocycles. The number of nitrogens with zero attached hydrogens (tertiary/aromatic N) is 1. The van der Waals surface area contributed by atoms with E-state index in [1.807, 2.05) is 6.20 Å². The standard InChI is InChI=1S/C14H19N3/c1-10-6-11(2)8-13(7-10)12(3)17-9-14-15-4-5-16-14/h4-8,12,17H,9H2,1-3H3,(H,15,16). The van der Waals surface area contributed by atoms with Crippen molar-refractivity contribution in [2.24, 2.45) is 0 Å². The second-order valence-corrected chi connectivity index (χ2v) is 4.56. The van der Waals surface area contributed by atoms with Gasteiger partial charge in [-0.25, -0.2) is 4.98 Å². The van der Waals surface area contributed by atoms with Crippen LogP contribution in [0.3, 0.4) is 0 Å². The third kappa shape index (κ3) is 3.17. The molecule has 3 nitrogen and oxygen atoms in total. The summed E-state index contributed by atoms with van der Waals surface area (Å²) in [7, 11) is 0. The van der Waals surface area contributed by atoms with Crippen molar-refractivity contribution in [1.82, 2.24) is 15.3 Å². The Morgan fingerprint density at radius 1 is 1.24 bits per heavy atom. The fraction of sp³-hybridized carbons (Fsp3) is 0.357. The Morgan fingerprint density at radius 2 is 1.94 bits per heavy atom. The molecule has 1 aromatic heterocycles. The fourth-order valence-corrected chi connectivity index (χ4v) is 2.02. The van der Waals surface area contributed by atoms with Crippen LogP contribution in [0.15, 0.2) is 30.6 Å². The van der Waals surface area contributed by atoms with Crippen LogP contribution in [-0.2, 0) is 6.54 Å². The van der Waals surface area contributed by atoms with Gasteiger partial charge in [-0.1, -0.05) is 29.3 Å². The lowest BCUT2D eigenvalue weighted by Gasteiger charge is -2.15. The molecule has 0 aliphatic rings. The highest BCUT2D eigenvalue weighted by atomic mass is 15.0. The van der Waals surface area contributed by atoms with Gasteiger partial charge >= 0.3 is 0 Å². The highest BCUT2D eigenvalue weighted by Gasteiger charge is 2.06. The summed E-state index contributed by atoms with van der Waals surface area (Å²) in [5.74, 6) is 0.973. The molecule has 0 amide bonds. The molecule has 3 heteroatoms. The van der Waals surface area contributed by atoms with E-state index in [4.69, 9.17) is 0 Å². The molecule has 0 aliphatic heterocycles. The van der Waals surface area contributed by atoms with Crippen molar-refractivity contribution in [2.75, 3.05) is 0 Å². The van der Waals surface area contributed by atoms with Gasteiger partial charge in [-0.15, -0.1) is 0 Å². The Labute approximate surface area is 102 Å². The number of H-pyrrole nitrogens is 1. The number of nitrogens with one attached hydrogen (secondary N) is 2. The minimum absolute atomic E-state index is 0.332. The minimum atomic E-state index is 0.332. The molecular weight excluding hydrogens is 210 g/mol. The smallest absolute Gasteiger partial charge is 0.120 e. The molecule has 17 heavy (non-hydrogen) atoms. The summed E-state index contributed by atoms with van der Waals surface area (Å²) < 4.78 is 0. The molecular formula is C14H19N3. The molecule has 90 valence electrons. The molecule has 1 heterocycles. The van der Waals surface area contributed by atoms with Gasteiger partial charge in [-0.3, -0.25) is 0 Å². The first-order valence-corrected chi connectivity index (χ1v) is 5.95. The van der Waals surface area contributed by atoms with Gasteiger partial charge in [-0.2, -0.15) is 0 Å². The SMILES string of the molecule is Cc1cc(C)cc(C(C)NCc2ncc[nH]2)c1. The topological polar surface area (TPSA) is 40.7 Å². The Bertz CT molecular complexity index is 454. The van der Waals surface area contributed by atoms with Crippen molar-refractivity contribution >= 4 is 0 Å². The number of hydrogen-bond donors (Lipinski definition) is 2. The van der Waals surface area contributed by atoms with Crippen molar-refractivity contribution < 1.29 is 0 Å². The highest BCUT2D eigenvalue weighted by molar-refractivity contribution is 5.30. The summed E-state index contributed by atoms with van der Waals surface area (Å²) in [4.78, 5) is 7.29. The highest BCUT2D eigenvalue weighted by Crippen LogP contribution is 2.16. The minimum Gasteiger partial charge on any atom is -0.348 e. The monoisotopic (exact) mass is 229 g/mol. The third-order valence-electron chi connectivity index (χ3n) is 2.87. The van der Waals surface area contributed by atoms with Crippen molar-refractivity contribution in [2.45, 2.75) is 33.4 Å². The van der Waals surface area contributed by atoms with E-state index in [1.54, 1.807) is 6.20 Å². The lowest BCUT2D eigenvalue weighted by Crippen LogP contribution is -2.19. The largest absolute Gasteiger partial charge is 0.348 e. The summed E-state index contributed by atoms with van der Waals surface area (Å²) in [5, 5.41) is 3.46. The van der Waals surface area contributed by atoms with Crippen LogP contribution < -0.4 is 5.32 Å². The fourth-order valence-electron chi connectivity index (χ4n) is 2.02. The van der Waals surface area contributed by atoms with Crippen LogP contribution >= 0.6 is 0 Å². The number of hydrogen-bond acceptors (Lipinski definition) is 2. The maximum Gasteiger partial charge on any atom is 0.120 e. The molecule has 1 aromatic carbocycles. The maximum atomic E-state index is 4.20. The summed E-state index contributed by atoms with van der Waals surface area (Å²) >= 11 is 0. The summed E-state index contributed by atoms with van der Waals surface area (Å²) in [5.41, 5.74) is 3.95. The first kappa shape index (κ1) is 11.9. The number of aromatic amines is 1. The molecule has 2 aromatic rings. The van der Waals surface area contributed by atoms with Crippen molar-refractivity contribution in [1.29, 1.82) is 0 Å². The predicted molar refractivity (Wildman–Crippen MR) is 69.8 cm³/mol. The van der Waals surface area contributed by atoms with E-state index in [0.29, 0.717) is 6.04 Å². The van der Waals surface area contributed by atoms with Gasteiger partial charge in [-0.05, 0) is 26.3 Å². The van der Waals surface area contributed by atoms with E-state index >= 15 is 0 Å².